The van der Waals surface area contributed by atoms with Gasteiger partial charge < -0.3 is 4.90 Å². The minimum Gasteiger partial charge on any atom is -0.309 e. The second-order valence-corrected chi connectivity index (χ2v) is 4.99. The van der Waals surface area contributed by atoms with Gasteiger partial charge >= 0.3 is 0 Å². The van der Waals surface area contributed by atoms with Gasteiger partial charge in [-0.3, -0.25) is 4.79 Å². The Hall–Kier alpha value is -2.00. The van der Waals surface area contributed by atoms with Crippen molar-refractivity contribution in [3.8, 4) is 0 Å². The van der Waals surface area contributed by atoms with E-state index in [2.05, 4.69) is 10.0 Å². The molecule has 5 nitrogen and oxygen atoms in total. The van der Waals surface area contributed by atoms with E-state index in [1.54, 1.807) is 18.7 Å². The standard InChI is InChI=1S/C13H16N4O/c1-13(2,15-16-14)12(18)17(11-8-9-11)10-6-4-3-5-7-10/h3-7,11H,8-9H2,1-2H3. The molecule has 2 rings (SSSR count). The highest BCUT2D eigenvalue weighted by Gasteiger charge is 2.40. The van der Waals surface area contributed by atoms with Crippen LogP contribution in [0.3, 0.4) is 0 Å². The fourth-order valence-electron chi connectivity index (χ4n) is 1.86. The Morgan fingerprint density at radius 3 is 2.50 bits per heavy atom. The summed E-state index contributed by atoms with van der Waals surface area (Å²) in [7, 11) is 0. The van der Waals surface area contributed by atoms with E-state index in [4.69, 9.17) is 5.53 Å². The Bertz CT molecular complexity index is 487. The number of hydrogen-bond donors (Lipinski definition) is 0. The number of rotatable bonds is 4. The number of carbonyl (C=O) groups is 1. The van der Waals surface area contributed by atoms with Crippen molar-refractivity contribution in [1.29, 1.82) is 0 Å². The molecule has 1 aromatic carbocycles. The summed E-state index contributed by atoms with van der Waals surface area (Å²) in [6.45, 7) is 3.29. The molecule has 0 atom stereocenters. The second kappa shape index (κ2) is 4.70. The SMILES string of the molecule is CC(C)(N=[N+]=[N-])C(=O)N(c1ccccc1)C1CC1. The van der Waals surface area contributed by atoms with Crippen LogP contribution in [-0.4, -0.2) is 17.5 Å². The van der Waals surface area contributed by atoms with Crippen molar-refractivity contribution in [3.63, 3.8) is 0 Å². The van der Waals surface area contributed by atoms with E-state index < -0.39 is 5.54 Å². The van der Waals surface area contributed by atoms with E-state index in [9.17, 15) is 4.79 Å². The van der Waals surface area contributed by atoms with Crippen LogP contribution in [0.2, 0.25) is 0 Å². The van der Waals surface area contributed by atoms with Crippen molar-refractivity contribution in [1.82, 2.24) is 0 Å². The Kier molecular flexibility index (Phi) is 3.26. The largest absolute Gasteiger partial charge is 0.309 e. The van der Waals surface area contributed by atoms with Crippen LogP contribution in [-0.2, 0) is 4.79 Å². The maximum absolute atomic E-state index is 12.5. The highest BCUT2D eigenvalue weighted by molar-refractivity contribution is 6.00. The summed E-state index contributed by atoms with van der Waals surface area (Å²) in [5.41, 5.74) is 8.36. The lowest BCUT2D eigenvalue weighted by Crippen LogP contribution is -2.45. The van der Waals surface area contributed by atoms with Crippen LogP contribution < -0.4 is 4.90 Å². The van der Waals surface area contributed by atoms with Gasteiger partial charge in [-0.15, -0.1) is 0 Å². The van der Waals surface area contributed by atoms with Gasteiger partial charge in [0.1, 0.15) is 5.54 Å². The highest BCUT2D eigenvalue weighted by Crippen LogP contribution is 2.34. The zero-order chi connectivity index (χ0) is 13.2. The molecule has 18 heavy (non-hydrogen) atoms. The average Bonchev–Trinajstić information content (AvgIpc) is 3.15. The molecule has 0 N–H and O–H groups in total. The molecule has 0 spiro atoms. The van der Waals surface area contributed by atoms with Crippen molar-refractivity contribution in [2.75, 3.05) is 4.90 Å². The van der Waals surface area contributed by atoms with Gasteiger partial charge in [0.15, 0.2) is 0 Å². The molecule has 1 aliphatic carbocycles. The van der Waals surface area contributed by atoms with E-state index in [1.807, 2.05) is 30.3 Å². The lowest BCUT2D eigenvalue weighted by molar-refractivity contribution is -0.122. The number of azide groups is 1. The van der Waals surface area contributed by atoms with Crippen molar-refractivity contribution in [2.24, 2.45) is 5.11 Å². The fourth-order valence-corrected chi connectivity index (χ4v) is 1.86. The summed E-state index contributed by atoms with van der Waals surface area (Å²) in [4.78, 5) is 17.0. The van der Waals surface area contributed by atoms with E-state index in [-0.39, 0.29) is 11.9 Å². The van der Waals surface area contributed by atoms with Crippen LogP contribution >= 0.6 is 0 Å². The lowest BCUT2D eigenvalue weighted by Gasteiger charge is -2.29. The Morgan fingerprint density at radius 1 is 1.39 bits per heavy atom. The summed E-state index contributed by atoms with van der Waals surface area (Å²) in [5.74, 6) is -0.144. The minimum atomic E-state index is -1.05. The average molecular weight is 244 g/mol. The highest BCUT2D eigenvalue weighted by atomic mass is 16.2. The molecule has 0 saturated heterocycles. The molecule has 0 aromatic heterocycles. The summed E-state index contributed by atoms with van der Waals surface area (Å²) in [5, 5.41) is 3.60. The maximum Gasteiger partial charge on any atom is 0.238 e. The topological polar surface area (TPSA) is 69.1 Å². The molecule has 0 radical (unpaired) electrons. The zero-order valence-electron chi connectivity index (χ0n) is 10.6. The molecule has 1 aromatic rings. The van der Waals surface area contributed by atoms with Crippen molar-refractivity contribution in [3.05, 3.63) is 40.8 Å². The summed E-state index contributed by atoms with van der Waals surface area (Å²) < 4.78 is 0. The summed E-state index contributed by atoms with van der Waals surface area (Å²) in [6.07, 6.45) is 2.01. The third-order valence-electron chi connectivity index (χ3n) is 2.98. The van der Waals surface area contributed by atoms with Gasteiger partial charge in [-0.05, 0) is 44.4 Å². The van der Waals surface area contributed by atoms with Gasteiger partial charge in [-0.25, -0.2) is 0 Å². The molecular weight excluding hydrogens is 228 g/mol. The minimum absolute atomic E-state index is 0.144. The van der Waals surface area contributed by atoms with E-state index >= 15 is 0 Å². The van der Waals surface area contributed by atoms with E-state index in [0.29, 0.717) is 0 Å². The third-order valence-corrected chi connectivity index (χ3v) is 2.98. The third kappa shape index (κ3) is 2.46. The van der Waals surface area contributed by atoms with E-state index in [0.717, 1.165) is 18.5 Å². The number of benzene rings is 1. The fraction of sp³-hybridized carbons (Fsp3) is 0.462. The molecule has 1 aliphatic rings. The molecule has 1 amide bonds. The van der Waals surface area contributed by atoms with Gasteiger partial charge in [0.2, 0.25) is 5.91 Å². The molecule has 0 unspecified atom stereocenters. The van der Waals surface area contributed by atoms with Crippen molar-refractivity contribution >= 4 is 11.6 Å². The Balaban J connectivity index is 2.32. The number of hydrogen-bond acceptors (Lipinski definition) is 2. The molecule has 0 bridgehead atoms. The number of carbonyl (C=O) groups excluding carboxylic acids is 1. The molecule has 1 saturated carbocycles. The molecular formula is C13H16N4O. The van der Waals surface area contributed by atoms with Crippen LogP contribution in [0.1, 0.15) is 26.7 Å². The molecule has 1 fully saturated rings. The molecule has 5 heteroatoms. The molecule has 94 valence electrons. The normalized spacial score (nSPS) is 14.8. The molecule has 0 aliphatic heterocycles. The predicted octanol–water partition coefficient (Wildman–Crippen LogP) is 3.27. The second-order valence-electron chi connectivity index (χ2n) is 4.99. The Morgan fingerprint density at radius 2 is 2.00 bits per heavy atom. The maximum atomic E-state index is 12.5. The number of amides is 1. The first-order valence-electron chi connectivity index (χ1n) is 6.01. The van der Waals surface area contributed by atoms with Crippen LogP contribution in [0.15, 0.2) is 35.4 Å². The van der Waals surface area contributed by atoms with Gasteiger partial charge in [-0.1, -0.05) is 23.3 Å². The van der Waals surface area contributed by atoms with Crippen LogP contribution in [0.25, 0.3) is 10.4 Å². The van der Waals surface area contributed by atoms with Crippen LogP contribution in [0, 0.1) is 0 Å². The quantitative estimate of drug-likeness (QED) is 0.455. The first kappa shape index (κ1) is 12.5. The zero-order valence-corrected chi connectivity index (χ0v) is 10.6. The van der Waals surface area contributed by atoms with E-state index in [1.165, 1.54) is 0 Å². The number of nitrogens with zero attached hydrogens (tertiary/aromatic N) is 4. The molecule has 0 heterocycles. The first-order chi connectivity index (χ1) is 8.56. The van der Waals surface area contributed by atoms with Gasteiger partial charge in [0.25, 0.3) is 0 Å². The van der Waals surface area contributed by atoms with Crippen molar-refractivity contribution < 1.29 is 4.79 Å². The summed E-state index contributed by atoms with van der Waals surface area (Å²) in [6, 6.07) is 9.77. The van der Waals surface area contributed by atoms with Gasteiger partial charge in [0, 0.05) is 16.6 Å². The summed E-state index contributed by atoms with van der Waals surface area (Å²) >= 11 is 0. The number of para-hydroxylation sites is 1. The van der Waals surface area contributed by atoms with Crippen LogP contribution in [0.4, 0.5) is 5.69 Å². The van der Waals surface area contributed by atoms with Gasteiger partial charge in [-0.2, -0.15) is 0 Å². The Labute approximate surface area is 106 Å². The van der Waals surface area contributed by atoms with Gasteiger partial charge in [0.05, 0.1) is 0 Å². The number of anilines is 1. The smallest absolute Gasteiger partial charge is 0.238 e. The van der Waals surface area contributed by atoms with Crippen molar-refractivity contribution in [2.45, 2.75) is 38.3 Å². The predicted molar refractivity (Wildman–Crippen MR) is 70.2 cm³/mol. The van der Waals surface area contributed by atoms with Crippen LogP contribution in [0.5, 0.6) is 0 Å². The first-order valence-corrected chi connectivity index (χ1v) is 6.01. The monoisotopic (exact) mass is 244 g/mol. The lowest BCUT2D eigenvalue weighted by atomic mass is 10.0.